The van der Waals surface area contributed by atoms with Crippen molar-refractivity contribution in [2.24, 2.45) is 5.92 Å². The van der Waals surface area contributed by atoms with Crippen LogP contribution in [0, 0.1) is 5.92 Å². The molecule has 3 aromatic rings. The zero-order valence-corrected chi connectivity index (χ0v) is 18.6. The minimum Gasteiger partial charge on any atom is -0.327 e. The molecule has 9 nitrogen and oxygen atoms in total. The van der Waals surface area contributed by atoms with Crippen LogP contribution in [-0.4, -0.2) is 48.2 Å². The van der Waals surface area contributed by atoms with Gasteiger partial charge in [-0.25, -0.2) is 9.67 Å². The SMILES string of the molecule is O=C(Nc1cc(C2CCCCN2C(=O)c2ncn(-c3ccccc3)n2)[nH]n1)C1CCCCC1. The molecule has 172 valence electrons. The van der Waals surface area contributed by atoms with E-state index in [1.165, 1.54) is 6.42 Å². The van der Waals surface area contributed by atoms with Crippen LogP contribution in [0.2, 0.25) is 0 Å². The van der Waals surface area contributed by atoms with E-state index in [4.69, 9.17) is 0 Å². The van der Waals surface area contributed by atoms with Crippen molar-refractivity contribution >= 4 is 17.6 Å². The number of rotatable bonds is 5. The third kappa shape index (κ3) is 4.67. The number of piperidine rings is 1. The Morgan fingerprint density at radius 2 is 1.79 bits per heavy atom. The maximum Gasteiger partial charge on any atom is 0.294 e. The van der Waals surface area contributed by atoms with Gasteiger partial charge in [0.25, 0.3) is 5.91 Å². The number of nitrogens with zero attached hydrogens (tertiary/aromatic N) is 5. The van der Waals surface area contributed by atoms with Gasteiger partial charge in [-0.2, -0.15) is 5.10 Å². The second-order valence-corrected chi connectivity index (χ2v) is 8.89. The topological polar surface area (TPSA) is 109 Å². The van der Waals surface area contributed by atoms with E-state index in [1.54, 1.807) is 11.0 Å². The smallest absolute Gasteiger partial charge is 0.294 e. The standard InChI is InChI=1S/C24H29N7O2/c32-23(17-9-3-1-4-10-17)26-21-15-19(27-28-21)20-13-7-8-14-30(20)24(33)22-25-16-31(29-22)18-11-5-2-6-12-18/h2,5-6,11-12,15-17,20H,1,3-4,7-10,13-14H2,(H2,26,27,28,32). The molecule has 1 aliphatic heterocycles. The number of hydrogen-bond acceptors (Lipinski definition) is 5. The van der Waals surface area contributed by atoms with Crippen LogP contribution in [0.1, 0.15) is 73.7 Å². The van der Waals surface area contributed by atoms with Crippen LogP contribution >= 0.6 is 0 Å². The van der Waals surface area contributed by atoms with Crippen LogP contribution in [0.15, 0.2) is 42.7 Å². The minimum atomic E-state index is -0.197. The third-order valence-electron chi connectivity index (χ3n) is 6.65. The molecule has 1 atom stereocenters. The largest absolute Gasteiger partial charge is 0.327 e. The van der Waals surface area contributed by atoms with E-state index < -0.39 is 0 Å². The Labute approximate surface area is 192 Å². The zero-order chi connectivity index (χ0) is 22.6. The van der Waals surface area contributed by atoms with Gasteiger partial charge in [-0.05, 0) is 44.2 Å². The van der Waals surface area contributed by atoms with Gasteiger partial charge in [0.05, 0.1) is 17.4 Å². The molecule has 2 fully saturated rings. The molecule has 0 spiro atoms. The Hall–Kier alpha value is -3.49. The summed E-state index contributed by atoms with van der Waals surface area (Å²) < 4.78 is 1.61. The predicted molar refractivity (Wildman–Crippen MR) is 123 cm³/mol. The fourth-order valence-corrected chi connectivity index (χ4v) is 4.86. The van der Waals surface area contributed by atoms with Crippen molar-refractivity contribution in [2.75, 3.05) is 11.9 Å². The number of nitrogens with one attached hydrogen (secondary N) is 2. The molecular formula is C24H29N7O2. The number of anilines is 1. The van der Waals surface area contributed by atoms with E-state index in [-0.39, 0.29) is 29.6 Å². The lowest BCUT2D eigenvalue weighted by molar-refractivity contribution is -0.120. The summed E-state index contributed by atoms with van der Waals surface area (Å²) in [7, 11) is 0. The lowest BCUT2D eigenvalue weighted by Gasteiger charge is -2.34. The van der Waals surface area contributed by atoms with Gasteiger partial charge in [-0.3, -0.25) is 14.7 Å². The average Bonchev–Trinajstić information content (AvgIpc) is 3.55. The fourth-order valence-electron chi connectivity index (χ4n) is 4.86. The highest BCUT2D eigenvalue weighted by Gasteiger charge is 2.32. The van der Waals surface area contributed by atoms with E-state index in [2.05, 4.69) is 25.6 Å². The number of benzene rings is 1. The van der Waals surface area contributed by atoms with Crippen molar-refractivity contribution in [3.8, 4) is 5.69 Å². The molecule has 33 heavy (non-hydrogen) atoms. The molecule has 2 amide bonds. The van der Waals surface area contributed by atoms with Gasteiger partial charge in [0.1, 0.15) is 6.33 Å². The second-order valence-electron chi connectivity index (χ2n) is 8.89. The summed E-state index contributed by atoms with van der Waals surface area (Å²) in [6.07, 6.45) is 9.64. The maximum absolute atomic E-state index is 13.3. The van der Waals surface area contributed by atoms with Crippen LogP contribution in [0.3, 0.4) is 0 Å². The van der Waals surface area contributed by atoms with Gasteiger partial charge >= 0.3 is 0 Å². The van der Waals surface area contributed by atoms with Gasteiger partial charge in [0.15, 0.2) is 5.82 Å². The molecule has 0 bridgehead atoms. The van der Waals surface area contributed by atoms with Crippen molar-refractivity contribution in [1.29, 1.82) is 0 Å². The van der Waals surface area contributed by atoms with E-state index in [0.717, 1.165) is 56.3 Å². The molecule has 5 rings (SSSR count). The third-order valence-corrected chi connectivity index (χ3v) is 6.65. The molecule has 2 aliphatic rings. The van der Waals surface area contributed by atoms with Crippen LogP contribution < -0.4 is 5.32 Å². The second kappa shape index (κ2) is 9.56. The summed E-state index contributed by atoms with van der Waals surface area (Å²) in [4.78, 5) is 32.0. The Bertz CT molecular complexity index is 1100. The van der Waals surface area contributed by atoms with E-state index in [9.17, 15) is 9.59 Å². The van der Waals surface area contributed by atoms with Crippen LogP contribution in [0.5, 0.6) is 0 Å². The Morgan fingerprint density at radius 1 is 1.00 bits per heavy atom. The van der Waals surface area contributed by atoms with E-state index in [0.29, 0.717) is 12.4 Å². The van der Waals surface area contributed by atoms with Crippen LogP contribution in [-0.2, 0) is 4.79 Å². The fraction of sp³-hybridized carbons (Fsp3) is 0.458. The van der Waals surface area contributed by atoms with Crippen LogP contribution in [0.25, 0.3) is 5.69 Å². The lowest BCUT2D eigenvalue weighted by Crippen LogP contribution is -2.39. The highest BCUT2D eigenvalue weighted by Crippen LogP contribution is 2.32. The number of amides is 2. The van der Waals surface area contributed by atoms with Crippen molar-refractivity contribution in [1.82, 2.24) is 29.9 Å². The number of H-pyrrole nitrogens is 1. The molecule has 2 N–H and O–H groups in total. The first-order chi connectivity index (χ1) is 16.2. The van der Waals surface area contributed by atoms with E-state index in [1.807, 2.05) is 41.3 Å². The number of aromatic amines is 1. The van der Waals surface area contributed by atoms with E-state index >= 15 is 0 Å². The van der Waals surface area contributed by atoms with Gasteiger partial charge in [-0.15, -0.1) is 5.10 Å². The summed E-state index contributed by atoms with van der Waals surface area (Å²) in [5.74, 6) is 0.607. The molecule has 2 aromatic heterocycles. The minimum absolute atomic E-state index is 0.0416. The molecule has 3 heterocycles. The maximum atomic E-state index is 13.3. The average molecular weight is 448 g/mol. The van der Waals surface area contributed by atoms with Crippen molar-refractivity contribution in [2.45, 2.75) is 57.4 Å². The molecular weight excluding hydrogens is 418 g/mol. The molecule has 1 aliphatic carbocycles. The van der Waals surface area contributed by atoms with Gasteiger partial charge in [0.2, 0.25) is 11.7 Å². The summed E-state index contributed by atoms with van der Waals surface area (Å²) in [6.45, 7) is 0.631. The van der Waals surface area contributed by atoms with Crippen molar-refractivity contribution < 1.29 is 9.59 Å². The summed E-state index contributed by atoms with van der Waals surface area (Å²) in [6, 6.07) is 11.3. The Morgan fingerprint density at radius 3 is 2.61 bits per heavy atom. The quantitative estimate of drug-likeness (QED) is 0.617. The first kappa shape index (κ1) is 21.4. The zero-order valence-electron chi connectivity index (χ0n) is 18.6. The normalized spacial score (nSPS) is 19.4. The Balaban J connectivity index is 1.29. The van der Waals surface area contributed by atoms with Crippen LogP contribution in [0.4, 0.5) is 5.82 Å². The van der Waals surface area contributed by atoms with Crippen molar-refractivity contribution in [3.63, 3.8) is 0 Å². The molecule has 9 heteroatoms. The number of aromatic nitrogens is 5. The highest BCUT2D eigenvalue weighted by atomic mass is 16.2. The monoisotopic (exact) mass is 447 g/mol. The number of para-hydroxylation sites is 1. The summed E-state index contributed by atoms with van der Waals surface area (Å²) in [5, 5.41) is 14.7. The number of hydrogen-bond donors (Lipinski definition) is 2. The first-order valence-corrected chi connectivity index (χ1v) is 11.8. The summed E-state index contributed by atoms with van der Waals surface area (Å²) >= 11 is 0. The first-order valence-electron chi connectivity index (χ1n) is 11.8. The van der Waals surface area contributed by atoms with Gasteiger partial charge < -0.3 is 10.2 Å². The Kier molecular flexibility index (Phi) is 6.19. The van der Waals surface area contributed by atoms with Crippen molar-refractivity contribution in [3.05, 3.63) is 54.2 Å². The molecule has 1 unspecified atom stereocenters. The molecule has 0 radical (unpaired) electrons. The number of carbonyl (C=O) groups excluding carboxylic acids is 2. The molecule has 1 saturated carbocycles. The van der Waals surface area contributed by atoms with Gasteiger partial charge in [-0.1, -0.05) is 37.5 Å². The summed E-state index contributed by atoms with van der Waals surface area (Å²) in [5.41, 5.74) is 1.68. The predicted octanol–water partition coefficient (Wildman–Crippen LogP) is 3.88. The highest BCUT2D eigenvalue weighted by molar-refractivity contribution is 5.92. The van der Waals surface area contributed by atoms with Gasteiger partial charge in [0, 0.05) is 18.5 Å². The molecule has 1 aromatic carbocycles. The molecule has 1 saturated heterocycles. The number of likely N-dealkylation sites (tertiary alicyclic amines) is 1. The lowest BCUT2D eigenvalue weighted by atomic mass is 9.89. The number of carbonyl (C=O) groups is 2.